The van der Waals surface area contributed by atoms with E-state index in [0.717, 1.165) is 19.6 Å². The predicted octanol–water partition coefficient (Wildman–Crippen LogP) is 4.54. The molecule has 8 nitrogen and oxygen atoms in total. The van der Waals surface area contributed by atoms with E-state index in [2.05, 4.69) is 24.1 Å². The van der Waals surface area contributed by atoms with Crippen molar-refractivity contribution in [2.24, 2.45) is 0 Å². The monoisotopic (exact) mass is 414 g/mol. The number of benzene rings is 2. The second-order valence-corrected chi connectivity index (χ2v) is 6.94. The number of carbonyl (C=O) groups excluding carboxylic acids is 1. The maximum atomic E-state index is 12.8. The number of hydrogen-bond acceptors (Lipinski definition) is 5. The van der Waals surface area contributed by atoms with Crippen LogP contribution in [-0.4, -0.2) is 54.0 Å². The molecule has 2 aromatic rings. The van der Waals surface area contributed by atoms with Crippen LogP contribution in [0.25, 0.3) is 0 Å². The number of nitro benzene ring substituents is 1. The fourth-order valence-corrected chi connectivity index (χ4v) is 3.02. The van der Waals surface area contributed by atoms with Gasteiger partial charge in [-0.1, -0.05) is 38.1 Å². The molecule has 0 aliphatic rings. The largest absolute Gasteiger partial charge is 0.490 e. The topological polar surface area (TPSA) is 88.0 Å². The molecule has 0 bridgehead atoms. The van der Waals surface area contributed by atoms with Gasteiger partial charge in [-0.3, -0.25) is 10.1 Å². The van der Waals surface area contributed by atoms with Crippen LogP contribution in [0.15, 0.2) is 48.5 Å². The Bertz CT molecular complexity index is 855. The van der Waals surface area contributed by atoms with Gasteiger partial charge in [0.1, 0.15) is 12.4 Å². The van der Waals surface area contributed by atoms with Gasteiger partial charge in [0.25, 0.3) is 5.69 Å². The number of nitrogens with one attached hydrogen (secondary N) is 1. The summed E-state index contributed by atoms with van der Waals surface area (Å²) in [4.78, 5) is 27.1. The number of likely N-dealkylation sites (N-methyl/N-ethyl adjacent to an activating group) is 1. The normalized spacial score (nSPS) is 11.8. The van der Waals surface area contributed by atoms with E-state index in [4.69, 9.17) is 4.74 Å². The van der Waals surface area contributed by atoms with Crippen LogP contribution >= 0.6 is 0 Å². The molecular weight excluding hydrogens is 384 g/mol. The lowest BCUT2D eigenvalue weighted by Crippen LogP contribution is -2.33. The van der Waals surface area contributed by atoms with Crippen molar-refractivity contribution < 1.29 is 14.5 Å². The molecule has 0 aliphatic carbocycles. The summed E-state index contributed by atoms with van der Waals surface area (Å²) in [6.45, 7) is 9.28. The van der Waals surface area contributed by atoms with E-state index in [9.17, 15) is 14.9 Å². The highest BCUT2D eigenvalue weighted by molar-refractivity contribution is 5.91. The minimum Gasteiger partial charge on any atom is -0.490 e. The molecule has 1 atom stereocenters. The number of anilines is 1. The van der Waals surface area contributed by atoms with Crippen molar-refractivity contribution in [3.63, 3.8) is 0 Å². The predicted molar refractivity (Wildman–Crippen MR) is 118 cm³/mol. The zero-order valence-electron chi connectivity index (χ0n) is 18.0. The first-order valence-corrected chi connectivity index (χ1v) is 10.1. The summed E-state index contributed by atoms with van der Waals surface area (Å²) in [5.74, 6) is 0.606. The van der Waals surface area contributed by atoms with Gasteiger partial charge in [0, 0.05) is 25.7 Å². The van der Waals surface area contributed by atoms with Crippen LogP contribution in [0.5, 0.6) is 5.75 Å². The van der Waals surface area contributed by atoms with E-state index < -0.39 is 4.92 Å². The molecule has 30 heavy (non-hydrogen) atoms. The fraction of sp³-hybridized carbons (Fsp3) is 0.409. The third kappa shape index (κ3) is 6.18. The summed E-state index contributed by atoms with van der Waals surface area (Å²) in [7, 11) is 1.66. The van der Waals surface area contributed by atoms with Crippen molar-refractivity contribution in [3.8, 4) is 5.75 Å². The minimum atomic E-state index is -0.442. The molecule has 1 unspecified atom stereocenters. The smallest absolute Gasteiger partial charge is 0.322 e. The van der Waals surface area contributed by atoms with Crippen LogP contribution < -0.4 is 10.1 Å². The van der Waals surface area contributed by atoms with Crippen LogP contribution in [0.3, 0.4) is 0 Å². The van der Waals surface area contributed by atoms with Crippen LogP contribution in [0.2, 0.25) is 0 Å². The Balaban J connectivity index is 2.04. The van der Waals surface area contributed by atoms with Crippen LogP contribution in [0, 0.1) is 10.1 Å². The van der Waals surface area contributed by atoms with E-state index in [1.54, 1.807) is 25.2 Å². The highest BCUT2D eigenvalue weighted by Gasteiger charge is 2.20. The van der Waals surface area contributed by atoms with E-state index in [1.165, 1.54) is 17.0 Å². The Morgan fingerprint density at radius 2 is 1.87 bits per heavy atom. The molecule has 0 fully saturated rings. The van der Waals surface area contributed by atoms with Crippen LogP contribution in [0.1, 0.15) is 32.4 Å². The highest BCUT2D eigenvalue weighted by atomic mass is 16.6. The molecular formula is C22H30N4O4. The maximum absolute atomic E-state index is 12.8. The van der Waals surface area contributed by atoms with Crippen molar-refractivity contribution in [1.29, 1.82) is 0 Å². The molecule has 2 aromatic carbocycles. The van der Waals surface area contributed by atoms with Crippen molar-refractivity contribution in [1.82, 2.24) is 9.80 Å². The Kier molecular flexibility index (Phi) is 8.61. The summed E-state index contributed by atoms with van der Waals surface area (Å²) in [5.41, 5.74) is 1.27. The van der Waals surface area contributed by atoms with E-state index >= 15 is 0 Å². The first-order chi connectivity index (χ1) is 14.4. The van der Waals surface area contributed by atoms with Gasteiger partial charge in [0.2, 0.25) is 0 Å². The Labute approximate surface area is 177 Å². The highest BCUT2D eigenvalue weighted by Crippen LogP contribution is 2.27. The van der Waals surface area contributed by atoms with Gasteiger partial charge >= 0.3 is 6.03 Å². The summed E-state index contributed by atoms with van der Waals surface area (Å²) >= 11 is 0. The molecule has 0 saturated heterocycles. The van der Waals surface area contributed by atoms with E-state index in [1.807, 2.05) is 25.1 Å². The number of ether oxygens (including phenoxy) is 1. The quantitative estimate of drug-likeness (QED) is 0.455. The standard InChI is InChI=1S/C22H30N4O4/c1-5-25(6-2)14-15-30-21-13-8-7-12-20(21)23-22(27)24(4)17(3)18-10-9-11-19(16-18)26(28)29/h7-13,16-17H,5-6,14-15H2,1-4H3,(H,23,27). The number of para-hydroxylation sites is 2. The van der Waals surface area contributed by atoms with Gasteiger partial charge in [-0.15, -0.1) is 0 Å². The van der Waals surface area contributed by atoms with Gasteiger partial charge in [-0.25, -0.2) is 4.79 Å². The molecule has 0 spiro atoms. The number of hydrogen-bond donors (Lipinski definition) is 1. The van der Waals surface area contributed by atoms with Gasteiger partial charge < -0.3 is 19.9 Å². The minimum absolute atomic E-state index is 0.0000983. The number of carbonyl (C=O) groups is 1. The molecule has 0 saturated carbocycles. The number of urea groups is 1. The summed E-state index contributed by atoms with van der Waals surface area (Å²) < 4.78 is 5.89. The fourth-order valence-electron chi connectivity index (χ4n) is 3.02. The average Bonchev–Trinajstić information content (AvgIpc) is 2.76. The second-order valence-electron chi connectivity index (χ2n) is 6.94. The molecule has 162 valence electrons. The van der Waals surface area contributed by atoms with Gasteiger partial charge in [0.15, 0.2) is 0 Å². The first-order valence-electron chi connectivity index (χ1n) is 10.1. The lowest BCUT2D eigenvalue weighted by atomic mass is 10.1. The van der Waals surface area contributed by atoms with Crippen molar-refractivity contribution in [2.45, 2.75) is 26.8 Å². The lowest BCUT2D eigenvalue weighted by Gasteiger charge is -2.26. The van der Waals surface area contributed by atoms with Crippen molar-refractivity contribution in [2.75, 3.05) is 38.6 Å². The SMILES string of the molecule is CCN(CC)CCOc1ccccc1NC(=O)N(C)C(C)c1cccc([N+](=O)[O-])c1. The number of amides is 2. The molecule has 2 amide bonds. The van der Waals surface area contributed by atoms with Gasteiger partial charge in [-0.2, -0.15) is 0 Å². The molecule has 0 aromatic heterocycles. The molecule has 0 radical (unpaired) electrons. The van der Waals surface area contributed by atoms with E-state index in [-0.39, 0.29) is 17.8 Å². The molecule has 1 N–H and O–H groups in total. The molecule has 0 aliphatic heterocycles. The Hall–Kier alpha value is -3.13. The maximum Gasteiger partial charge on any atom is 0.322 e. The summed E-state index contributed by atoms with van der Waals surface area (Å²) in [6, 6.07) is 12.9. The van der Waals surface area contributed by atoms with Gasteiger partial charge in [-0.05, 0) is 37.7 Å². The van der Waals surface area contributed by atoms with Crippen molar-refractivity contribution in [3.05, 3.63) is 64.2 Å². The van der Waals surface area contributed by atoms with E-state index in [0.29, 0.717) is 23.6 Å². The number of rotatable bonds is 10. The summed E-state index contributed by atoms with van der Waals surface area (Å²) in [6.07, 6.45) is 0. The number of nitrogens with zero attached hydrogens (tertiary/aromatic N) is 3. The first kappa shape index (κ1) is 23.2. The average molecular weight is 415 g/mol. The number of non-ortho nitro benzene ring substituents is 1. The molecule has 2 rings (SSSR count). The van der Waals surface area contributed by atoms with Crippen molar-refractivity contribution >= 4 is 17.4 Å². The zero-order chi connectivity index (χ0) is 22.1. The van der Waals surface area contributed by atoms with Gasteiger partial charge in [0.05, 0.1) is 16.7 Å². The van der Waals surface area contributed by atoms with Crippen LogP contribution in [-0.2, 0) is 0 Å². The summed E-state index contributed by atoms with van der Waals surface area (Å²) in [5, 5.41) is 13.9. The molecule has 8 heteroatoms. The third-order valence-electron chi connectivity index (χ3n) is 5.15. The Morgan fingerprint density at radius 1 is 1.17 bits per heavy atom. The third-order valence-corrected chi connectivity index (χ3v) is 5.15. The Morgan fingerprint density at radius 3 is 2.53 bits per heavy atom. The second kappa shape index (κ2) is 11.2. The zero-order valence-corrected chi connectivity index (χ0v) is 18.0. The number of nitro groups is 1. The lowest BCUT2D eigenvalue weighted by molar-refractivity contribution is -0.384. The molecule has 0 heterocycles. The van der Waals surface area contributed by atoms with Crippen LogP contribution in [0.4, 0.5) is 16.2 Å².